The van der Waals surface area contributed by atoms with Gasteiger partial charge in [-0.3, -0.25) is 4.79 Å². The highest BCUT2D eigenvalue weighted by molar-refractivity contribution is 5.75. The minimum absolute atomic E-state index is 0.00681. The summed E-state index contributed by atoms with van der Waals surface area (Å²) >= 11 is 0. The number of hydrogen-bond acceptors (Lipinski definition) is 2. The van der Waals surface area contributed by atoms with Gasteiger partial charge in [0.05, 0.1) is 5.92 Å². The largest absolute Gasteiger partial charge is 0.481 e. The number of likely N-dealkylation sites (tertiary alicyclic amines) is 1. The number of carboxylic acids is 1. The third kappa shape index (κ3) is 3.64. The highest BCUT2D eigenvalue weighted by Gasteiger charge is 2.32. The zero-order valence-corrected chi connectivity index (χ0v) is 12.5. The van der Waals surface area contributed by atoms with E-state index >= 15 is 0 Å². The lowest BCUT2D eigenvalue weighted by Gasteiger charge is -2.36. The summed E-state index contributed by atoms with van der Waals surface area (Å²) in [5.74, 6) is 0.351. The predicted octanol–water partition coefficient (Wildman–Crippen LogP) is 2.32. The smallest absolute Gasteiger partial charge is 0.317 e. The number of carbonyl (C=O) groups excluding carboxylic acids is 1. The number of amides is 2. The van der Waals surface area contributed by atoms with E-state index in [4.69, 9.17) is 5.11 Å². The maximum absolute atomic E-state index is 12.2. The second kappa shape index (κ2) is 6.46. The summed E-state index contributed by atoms with van der Waals surface area (Å²) in [6.07, 6.45) is 4.80. The van der Waals surface area contributed by atoms with Crippen molar-refractivity contribution in [2.45, 2.75) is 52.0 Å². The van der Waals surface area contributed by atoms with Crippen molar-refractivity contribution >= 4 is 12.0 Å². The monoisotopic (exact) mass is 282 g/mol. The molecule has 2 amide bonds. The van der Waals surface area contributed by atoms with E-state index in [1.54, 1.807) is 4.90 Å². The summed E-state index contributed by atoms with van der Waals surface area (Å²) in [5.41, 5.74) is 0. The van der Waals surface area contributed by atoms with Crippen LogP contribution >= 0.6 is 0 Å². The molecule has 5 nitrogen and oxygen atoms in total. The Morgan fingerprint density at radius 3 is 2.50 bits per heavy atom. The fourth-order valence-electron chi connectivity index (χ4n) is 3.54. The third-order valence-corrected chi connectivity index (χ3v) is 4.83. The normalized spacial score (nSPS) is 34.0. The number of carbonyl (C=O) groups is 2. The fraction of sp³-hybridized carbons (Fsp3) is 0.867. The standard InChI is InChI=1S/C15H26N2O3/c1-10-3-4-12(7-10)9-16-15(20)17-6-5-13(14(18)19)8-11(17)2/h10-13H,3-9H2,1-2H3,(H,16,20)(H,18,19). The fourth-order valence-corrected chi connectivity index (χ4v) is 3.54. The Bertz CT molecular complexity index is 372. The first-order chi connectivity index (χ1) is 9.47. The third-order valence-electron chi connectivity index (χ3n) is 4.83. The quantitative estimate of drug-likeness (QED) is 0.834. The van der Waals surface area contributed by atoms with Crippen LogP contribution in [0.3, 0.4) is 0 Å². The lowest BCUT2D eigenvalue weighted by molar-refractivity contribution is -0.143. The van der Waals surface area contributed by atoms with Crippen molar-refractivity contribution in [3.05, 3.63) is 0 Å². The van der Waals surface area contributed by atoms with E-state index in [2.05, 4.69) is 12.2 Å². The molecule has 4 unspecified atom stereocenters. The van der Waals surface area contributed by atoms with E-state index in [0.717, 1.165) is 12.5 Å². The van der Waals surface area contributed by atoms with E-state index in [1.807, 2.05) is 6.92 Å². The minimum atomic E-state index is -0.739. The summed E-state index contributed by atoms with van der Waals surface area (Å²) in [5, 5.41) is 12.1. The molecule has 1 saturated carbocycles. The van der Waals surface area contributed by atoms with Gasteiger partial charge in [0.25, 0.3) is 0 Å². The summed E-state index contributed by atoms with van der Waals surface area (Å²) < 4.78 is 0. The van der Waals surface area contributed by atoms with E-state index in [0.29, 0.717) is 25.3 Å². The maximum Gasteiger partial charge on any atom is 0.317 e. The van der Waals surface area contributed by atoms with Gasteiger partial charge in [-0.15, -0.1) is 0 Å². The molecule has 0 aromatic carbocycles. The van der Waals surface area contributed by atoms with E-state index in [1.165, 1.54) is 19.3 Å². The number of nitrogens with zero attached hydrogens (tertiary/aromatic N) is 1. The number of piperidine rings is 1. The molecule has 2 N–H and O–H groups in total. The molecule has 20 heavy (non-hydrogen) atoms. The van der Waals surface area contributed by atoms with Crippen LogP contribution < -0.4 is 5.32 Å². The number of hydrogen-bond donors (Lipinski definition) is 2. The van der Waals surface area contributed by atoms with Crippen molar-refractivity contribution in [1.29, 1.82) is 0 Å². The Hall–Kier alpha value is -1.26. The van der Waals surface area contributed by atoms with E-state index < -0.39 is 5.97 Å². The Morgan fingerprint density at radius 1 is 1.20 bits per heavy atom. The van der Waals surface area contributed by atoms with Gasteiger partial charge in [0.15, 0.2) is 0 Å². The van der Waals surface area contributed by atoms with Crippen molar-refractivity contribution in [3.8, 4) is 0 Å². The molecule has 2 rings (SSSR count). The average Bonchev–Trinajstić information content (AvgIpc) is 2.81. The summed E-state index contributed by atoms with van der Waals surface area (Å²) in [6, 6.07) is -0.0201. The first-order valence-electron chi connectivity index (χ1n) is 7.74. The molecule has 2 fully saturated rings. The lowest BCUT2D eigenvalue weighted by Crippen LogP contribution is -2.50. The maximum atomic E-state index is 12.2. The van der Waals surface area contributed by atoms with Crippen LogP contribution in [-0.4, -0.2) is 41.1 Å². The van der Waals surface area contributed by atoms with Crippen LogP contribution in [0.1, 0.15) is 46.0 Å². The molecule has 2 aliphatic rings. The molecule has 0 bridgehead atoms. The second-order valence-electron chi connectivity index (χ2n) is 6.57. The average molecular weight is 282 g/mol. The number of nitrogens with one attached hydrogen (secondary N) is 1. The Balaban J connectivity index is 1.77. The van der Waals surface area contributed by atoms with Gasteiger partial charge in [-0.25, -0.2) is 4.79 Å². The molecule has 0 aromatic heterocycles. The molecule has 0 radical (unpaired) electrons. The van der Waals surface area contributed by atoms with Crippen LogP contribution in [0.4, 0.5) is 4.79 Å². The SMILES string of the molecule is CC1CCC(CNC(=O)N2CCC(C(=O)O)CC2C)C1. The van der Waals surface area contributed by atoms with Gasteiger partial charge in [0.2, 0.25) is 0 Å². The summed E-state index contributed by atoms with van der Waals surface area (Å²) in [4.78, 5) is 25.0. The van der Waals surface area contributed by atoms with Crippen molar-refractivity contribution < 1.29 is 14.7 Å². The number of urea groups is 1. The molecule has 4 atom stereocenters. The topological polar surface area (TPSA) is 69.6 Å². The number of aliphatic carboxylic acids is 1. The van der Waals surface area contributed by atoms with Crippen LogP contribution in [-0.2, 0) is 4.79 Å². The van der Waals surface area contributed by atoms with Gasteiger partial charge in [0.1, 0.15) is 0 Å². The minimum Gasteiger partial charge on any atom is -0.481 e. The molecule has 5 heteroatoms. The van der Waals surface area contributed by atoms with Gasteiger partial charge < -0.3 is 15.3 Å². The van der Waals surface area contributed by atoms with Gasteiger partial charge in [-0.05, 0) is 44.4 Å². The van der Waals surface area contributed by atoms with Crippen LogP contribution in [0.15, 0.2) is 0 Å². The van der Waals surface area contributed by atoms with E-state index in [9.17, 15) is 9.59 Å². The van der Waals surface area contributed by atoms with Gasteiger partial charge in [0, 0.05) is 19.1 Å². The lowest BCUT2D eigenvalue weighted by atomic mass is 9.92. The predicted molar refractivity (Wildman–Crippen MR) is 76.4 cm³/mol. The van der Waals surface area contributed by atoms with E-state index in [-0.39, 0.29) is 18.0 Å². The molecule has 114 valence electrons. The zero-order chi connectivity index (χ0) is 14.7. The van der Waals surface area contributed by atoms with Crippen LogP contribution in [0, 0.1) is 17.8 Å². The summed E-state index contributed by atoms with van der Waals surface area (Å²) in [6.45, 7) is 5.51. The number of carboxylic acid groups (broad SMARTS) is 1. The van der Waals surface area contributed by atoms with Gasteiger partial charge in [-0.2, -0.15) is 0 Å². The molecular weight excluding hydrogens is 256 g/mol. The van der Waals surface area contributed by atoms with Crippen molar-refractivity contribution in [3.63, 3.8) is 0 Å². The van der Waals surface area contributed by atoms with Crippen molar-refractivity contribution in [1.82, 2.24) is 10.2 Å². The molecule has 1 saturated heterocycles. The van der Waals surface area contributed by atoms with Gasteiger partial charge >= 0.3 is 12.0 Å². The van der Waals surface area contributed by atoms with Crippen LogP contribution in [0.2, 0.25) is 0 Å². The Labute approximate surface area is 120 Å². The van der Waals surface area contributed by atoms with Crippen LogP contribution in [0.5, 0.6) is 0 Å². The zero-order valence-electron chi connectivity index (χ0n) is 12.5. The first-order valence-corrected chi connectivity index (χ1v) is 7.74. The summed E-state index contributed by atoms with van der Waals surface area (Å²) in [7, 11) is 0. The highest BCUT2D eigenvalue weighted by Crippen LogP contribution is 2.29. The van der Waals surface area contributed by atoms with Crippen molar-refractivity contribution in [2.24, 2.45) is 17.8 Å². The molecule has 1 aliphatic heterocycles. The molecule has 1 heterocycles. The van der Waals surface area contributed by atoms with Crippen molar-refractivity contribution in [2.75, 3.05) is 13.1 Å². The second-order valence-corrected chi connectivity index (χ2v) is 6.57. The van der Waals surface area contributed by atoms with Crippen LogP contribution in [0.25, 0.3) is 0 Å². The molecular formula is C15H26N2O3. The Kier molecular flexibility index (Phi) is 4.89. The first kappa shape index (κ1) is 15.1. The molecule has 1 aliphatic carbocycles. The van der Waals surface area contributed by atoms with Gasteiger partial charge in [-0.1, -0.05) is 13.3 Å². The molecule has 0 spiro atoms. The molecule has 0 aromatic rings. The number of rotatable bonds is 3. The Morgan fingerprint density at radius 2 is 1.95 bits per heavy atom. The highest BCUT2D eigenvalue weighted by atomic mass is 16.4.